The molecule has 0 radical (unpaired) electrons. The normalized spacial score (nSPS) is 24.7. The fourth-order valence-electron chi connectivity index (χ4n) is 2.89. The van der Waals surface area contributed by atoms with Crippen LogP contribution in [-0.2, 0) is 9.47 Å². The van der Waals surface area contributed by atoms with Gasteiger partial charge in [-0.1, -0.05) is 6.42 Å². The van der Waals surface area contributed by atoms with Crippen molar-refractivity contribution in [2.75, 3.05) is 26.9 Å². The van der Waals surface area contributed by atoms with Gasteiger partial charge in [0.15, 0.2) is 0 Å². The molecule has 23 heavy (non-hydrogen) atoms. The van der Waals surface area contributed by atoms with E-state index in [0.717, 1.165) is 13.0 Å². The van der Waals surface area contributed by atoms with Crippen LogP contribution in [0.4, 0.5) is 0 Å². The molecule has 0 spiro atoms. The number of hydrogen-bond acceptors (Lipinski definition) is 5. The lowest BCUT2D eigenvalue weighted by Gasteiger charge is -2.34. The minimum atomic E-state index is -0.154. The summed E-state index contributed by atoms with van der Waals surface area (Å²) in [6.07, 6.45) is 6.24. The molecular formula is C17H24N2O4. The number of hydrogen-bond donors (Lipinski definition) is 1. The van der Waals surface area contributed by atoms with Crippen molar-refractivity contribution < 1.29 is 19.0 Å². The molecule has 126 valence electrons. The number of nitrogens with one attached hydrogen (secondary N) is 1. The summed E-state index contributed by atoms with van der Waals surface area (Å²) in [5, 5.41) is 3.02. The summed E-state index contributed by atoms with van der Waals surface area (Å²) in [7, 11) is 1.53. The largest absolute Gasteiger partial charge is 0.481 e. The third-order valence-electron chi connectivity index (χ3n) is 4.59. The van der Waals surface area contributed by atoms with Crippen LogP contribution in [0.25, 0.3) is 0 Å². The Bertz CT molecular complexity index is 533. The van der Waals surface area contributed by atoms with E-state index in [9.17, 15) is 4.79 Å². The monoisotopic (exact) mass is 320 g/mol. The number of methoxy groups -OCH3 is 1. The lowest BCUT2D eigenvalue weighted by Crippen LogP contribution is -2.51. The maximum absolute atomic E-state index is 12.4. The van der Waals surface area contributed by atoms with Crippen LogP contribution in [-0.4, -0.2) is 50.0 Å². The quantitative estimate of drug-likeness (QED) is 0.865. The molecule has 0 aromatic carbocycles. The van der Waals surface area contributed by atoms with Gasteiger partial charge < -0.3 is 19.5 Å². The van der Waals surface area contributed by atoms with Gasteiger partial charge in [-0.05, 0) is 31.2 Å². The number of pyridine rings is 1. The highest BCUT2D eigenvalue weighted by molar-refractivity contribution is 5.94. The molecule has 2 heterocycles. The molecule has 0 unspecified atom stereocenters. The van der Waals surface area contributed by atoms with Crippen LogP contribution in [0, 0.1) is 5.92 Å². The lowest BCUT2D eigenvalue weighted by atomic mass is 9.86. The average molecular weight is 320 g/mol. The SMILES string of the molecule is COc1cc(C(=O)N[C@@H]2COCC[C@@H]2OCC2CCC2)ccn1. The zero-order valence-corrected chi connectivity index (χ0v) is 13.5. The van der Waals surface area contributed by atoms with Gasteiger partial charge in [0, 0.05) is 31.0 Å². The first-order valence-electron chi connectivity index (χ1n) is 8.26. The summed E-state index contributed by atoms with van der Waals surface area (Å²) in [5.41, 5.74) is 0.528. The fourth-order valence-corrected chi connectivity index (χ4v) is 2.89. The molecular weight excluding hydrogens is 296 g/mol. The van der Waals surface area contributed by atoms with Crippen molar-refractivity contribution in [2.45, 2.75) is 37.8 Å². The van der Waals surface area contributed by atoms with Crippen molar-refractivity contribution in [3.63, 3.8) is 0 Å². The van der Waals surface area contributed by atoms with E-state index in [1.165, 1.54) is 26.4 Å². The van der Waals surface area contributed by atoms with Crippen LogP contribution in [0.3, 0.4) is 0 Å². The van der Waals surface area contributed by atoms with E-state index in [-0.39, 0.29) is 18.1 Å². The number of carbonyl (C=O) groups excluding carboxylic acids is 1. The number of ether oxygens (including phenoxy) is 3. The Labute approximate surface area is 136 Å². The number of carbonyl (C=O) groups is 1. The van der Waals surface area contributed by atoms with Crippen LogP contribution < -0.4 is 10.1 Å². The second kappa shape index (κ2) is 7.75. The van der Waals surface area contributed by atoms with Gasteiger partial charge in [-0.15, -0.1) is 0 Å². The van der Waals surface area contributed by atoms with Gasteiger partial charge in [0.2, 0.25) is 5.88 Å². The van der Waals surface area contributed by atoms with Gasteiger partial charge in [-0.2, -0.15) is 0 Å². The molecule has 6 heteroatoms. The van der Waals surface area contributed by atoms with Crippen LogP contribution >= 0.6 is 0 Å². The predicted molar refractivity (Wildman–Crippen MR) is 84.6 cm³/mol. The van der Waals surface area contributed by atoms with E-state index in [1.807, 2.05) is 0 Å². The highest BCUT2D eigenvalue weighted by Crippen LogP contribution is 2.27. The van der Waals surface area contributed by atoms with Gasteiger partial charge in [0.1, 0.15) is 0 Å². The van der Waals surface area contributed by atoms with Gasteiger partial charge >= 0.3 is 0 Å². The van der Waals surface area contributed by atoms with Crippen LogP contribution in [0.15, 0.2) is 18.3 Å². The van der Waals surface area contributed by atoms with Crippen LogP contribution in [0.2, 0.25) is 0 Å². The summed E-state index contributed by atoms with van der Waals surface area (Å²) in [6.45, 7) is 1.97. The first-order chi connectivity index (χ1) is 11.3. The number of aromatic nitrogens is 1. The minimum absolute atomic E-state index is 0.0250. The van der Waals surface area contributed by atoms with Crippen molar-refractivity contribution in [1.82, 2.24) is 10.3 Å². The molecule has 1 N–H and O–H groups in total. The molecule has 2 fully saturated rings. The molecule has 6 nitrogen and oxygen atoms in total. The van der Waals surface area contributed by atoms with Crippen LogP contribution in [0.5, 0.6) is 5.88 Å². The summed E-state index contributed by atoms with van der Waals surface area (Å²) >= 11 is 0. The molecule has 1 aliphatic carbocycles. The molecule has 1 aromatic heterocycles. The second-order valence-electron chi connectivity index (χ2n) is 6.20. The van der Waals surface area contributed by atoms with E-state index >= 15 is 0 Å². The molecule has 0 bridgehead atoms. The number of rotatable bonds is 6. The summed E-state index contributed by atoms with van der Waals surface area (Å²) < 4.78 is 16.6. The minimum Gasteiger partial charge on any atom is -0.481 e. The van der Waals surface area contributed by atoms with Crippen molar-refractivity contribution in [3.8, 4) is 5.88 Å². The molecule has 2 aliphatic rings. The van der Waals surface area contributed by atoms with Gasteiger partial charge in [-0.3, -0.25) is 4.79 Å². The van der Waals surface area contributed by atoms with E-state index in [1.54, 1.807) is 18.3 Å². The van der Waals surface area contributed by atoms with Crippen LogP contribution in [0.1, 0.15) is 36.0 Å². The topological polar surface area (TPSA) is 69.7 Å². The average Bonchev–Trinajstić information content (AvgIpc) is 2.55. The van der Waals surface area contributed by atoms with E-state index in [2.05, 4.69) is 10.3 Å². The lowest BCUT2D eigenvalue weighted by molar-refractivity contribution is -0.0696. The molecule has 1 saturated heterocycles. The highest BCUT2D eigenvalue weighted by Gasteiger charge is 2.30. The van der Waals surface area contributed by atoms with E-state index < -0.39 is 0 Å². The molecule has 3 rings (SSSR count). The second-order valence-corrected chi connectivity index (χ2v) is 6.20. The smallest absolute Gasteiger partial charge is 0.251 e. The Hall–Kier alpha value is -1.66. The first kappa shape index (κ1) is 16.2. The standard InChI is InChI=1S/C17H24N2O4/c1-21-16-9-13(5-7-18-16)17(20)19-14-11-22-8-6-15(14)23-10-12-3-2-4-12/h5,7,9,12,14-15H,2-4,6,8,10-11H2,1H3,(H,19,20)/t14-,15+/m1/s1. The Morgan fingerprint density at radius 1 is 1.43 bits per heavy atom. The Morgan fingerprint density at radius 2 is 2.30 bits per heavy atom. The molecule has 2 atom stereocenters. The number of amides is 1. The zero-order chi connectivity index (χ0) is 16.1. The summed E-state index contributed by atoms with van der Waals surface area (Å²) in [5.74, 6) is 0.965. The molecule has 1 aliphatic heterocycles. The van der Waals surface area contributed by atoms with Crippen molar-refractivity contribution in [2.24, 2.45) is 5.92 Å². The van der Waals surface area contributed by atoms with Crippen molar-refractivity contribution >= 4 is 5.91 Å². The predicted octanol–water partition coefficient (Wildman–Crippen LogP) is 1.79. The molecule has 1 aromatic rings. The first-order valence-corrected chi connectivity index (χ1v) is 8.26. The van der Waals surface area contributed by atoms with Crippen molar-refractivity contribution in [1.29, 1.82) is 0 Å². The molecule has 1 amide bonds. The maximum Gasteiger partial charge on any atom is 0.251 e. The van der Waals surface area contributed by atoms with Crippen molar-refractivity contribution in [3.05, 3.63) is 23.9 Å². The summed E-state index contributed by atoms with van der Waals surface area (Å²) in [6, 6.07) is 3.19. The highest BCUT2D eigenvalue weighted by atomic mass is 16.5. The Morgan fingerprint density at radius 3 is 3.04 bits per heavy atom. The third kappa shape index (κ3) is 4.20. The molecule has 1 saturated carbocycles. The Balaban J connectivity index is 1.57. The number of nitrogens with zero attached hydrogens (tertiary/aromatic N) is 1. The zero-order valence-electron chi connectivity index (χ0n) is 13.5. The third-order valence-corrected chi connectivity index (χ3v) is 4.59. The van der Waals surface area contributed by atoms with Gasteiger partial charge in [0.05, 0.1) is 25.9 Å². The summed E-state index contributed by atoms with van der Waals surface area (Å²) in [4.78, 5) is 16.4. The fraction of sp³-hybridized carbons (Fsp3) is 0.647. The van der Waals surface area contributed by atoms with Gasteiger partial charge in [-0.25, -0.2) is 4.98 Å². The Kier molecular flexibility index (Phi) is 5.46. The van der Waals surface area contributed by atoms with E-state index in [0.29, 0.717) is 30.6 Å². The maximum atomic E-state index is 12.4. The van der Waals surface area contributed by atoms with E-state index in [4.69, 9.17) is 14.2 Å². The van der Waals surface area contributed by atoms with Gasteiger partial charge in [0.25, 0.3) is 5.91 Å².